The lowest BCUT2D eigenvalue weighted by Gasteiger charge is -1.95. The Labute approximate surface area is 51.4 Å². The molecule has 0 aromatic heterocycles. The average molecular weight is 130 g/mol. The number of hydrogen-bond acceptors (Lipinski definition) is 4. The van der Waals surface area contributed by atoms with Gasteiger partial charge in [0.25, 0.3) is 0 Å². The topological polar surface area (TPSA) is 63.6 Å². The van der Waals surface area contributed by atoms with E-state index >= 15 is 0 Å². The SMILES string of the molecule is C[C@H]1C(=O)OC(=O)[C@@H]1O. The summed E-state index contributed by atoms with van der Waals surface area (Å²) in [7, 11) is 0. The molecule has 0 aromatic rings. The quantitative estimate of drug-likeness (QED) is 0.340. The Kier molecular flexibility index (Phi) is 1.25. The van der Waals surface area contributed by atoms with Gasteiger partial charge in [0.2, 0.25) is 0 Å². The van der Waals surface area contributed by atoms with E-state index in [1.807, 2.05) is 0 Å². The second-order valence-electron chi connectivity index (χ2n) is 1.97. The molecule has 1 saturated heterocycles. The minimum Gasteiger partial charge on any atom is -0.391 e. The van der Waals surface area contributed by atoms with Crippen molar-refractivity contribution in [3.8, 4) is 0 Å². The Bertz CT molecular complexity index is 144. The molecular formula is C5H6O4. The Hall–Kier alpha value is -0.900. The standard InChI is InChI=1S/C5H6O4/c1-2-3(6)5(8)9-4(2)7/h2-3,6H,1H3/t2-,3-/m1/s1. The summed E-state index contributed by atoms with van der Waals surface area (Å²) in [6, 6.07) is 0. The van der Waals surface area contributed by atoms with E-state index in [4.69, 9.17) is 5.11 Å². The van der Waals surface area contributed by atoms with Gasteiger partial charge in [0.15, 0.2) is 6.10 Å². The second-order valence-corrected chi connectivity index (χ2v) is 1.97. The zero-order chi connectivity index (χ0) is 7.02. The van der Waals surface area contributed by atoms with Crippen LogP contribution in [0.5, 0.6) is 0 Å². The first kappa shape index (κ1) is 6.22. The Morgan fingerprint density at radius 2 is 2.00 bits per heavy atom. The summed E-state index contributed by atoms with van der Waals surface area (Å²) in [5, 5.41) is 8.74. The molecule has 4 heteroatoms. The van der Waals surface area contributed by atoms with Gasteiger partial charge in [0.05, 0.1) is 5.92 Å². The summed E-state index contributed by atoms with van der Waals surface area (Å²) in [5.74, 6) is -2.18. The number of cyclic esters (lactones) is 2. The third kappa shape index (κ3) is 0.810. The highest BCUT2D eigenvalue weighted by Crippen LogP contribution is 2.14. The van der Waals surface area contributed by atoms with Crippen LogP contribution in [0.1, 0.15) is 6.92 Å². The highest BCUT2D eigenvalue weighted by Gasteiger charge is 2.39. The number of aliphatic hydroxyl groups excluding tert-OH is 1. The molecule has 0 unspecified atom stereocenters. The molecule has 0 aromatic carbocycles. The van der Waals surface area contributed by atoms with Crippen LogP contribution < -0.4 is 0 Å². The number of aliphatic hydroxyl groups is 1. The highest BCUT2D eigenvalue weighted by molar-refractivity contribution is 5.97. The summed E-state index contributed by atoms with van der Waals surface area (Å²) in [4.78, 5) is 20.7. The molecule has 2 atom stereocenters. The Morgan fingerprint density at radius 1 is 1.44 bits per heavy atom. The minimum atomic E-state index is -1.25. The predicted molar refractivity (Wildman–Crippen MR) is 26.3 cm³/mol. The van der Waals surface area contributed by atoms with Gasteiger partial charge >= 0.3 is 11.9 Å². The number of hydrogen-bond donors (Lipinski definition) is 1. The molecule has 0 bridgehead atoms. The van der Waals surface area contributed by atoms with Gasteiger partial charge < -0.3 is 9.84 Å². The molecule has 1 rings (SSSR count). The summed E-state index contributed by atoms with van der Waals surface area (Å²) < 4.78 is 4.06. The molecule has 0 aliphatic carbocycles. The fourth-order valence-electron chi connectivity index (χ4n) is 0.585. The van der Waals surface area contributed by atoms with E-state index in [2.05, 4.69) is 4.74 Å². The van der Waals surface area contributed by atoms with Crippen molar-refractivity contribution in [2.24, 2.45) is 5.92 Å². The fourth-order valence-corrected chi connectivity index (χ4v) is 0.585. The Morgan fingerprint density at radius 3 is 2.11 bits per heavy atom. The smallest absolute Gasteiger partial charge is 0.343 e. The molecule has 1 heterocycles. The molecule has 1 aliphatic rings. The van der Waals surface area contributed by atoms with Crippen molar-refractivity contribution < 1.29 is 19.4 Å². The maximum absolute atomic E-state index is 10.4. The lowest BCUT2D eigenvalue weighted by atomic mass is 10.1. The van der Waals surface area contributed by atoms with Crippen LogP contribution in [0, 0.1) is 5.92 Å². The molecular weight excluding hydrogens is 124 g/mol. The van der Waals surface area contributed by atoms with Crippen molar-refractivity contribution in [3.63, 3.8) is 0 Å². The zero-order valence-electron chi connectivity index (χ0n) is 4.83. The van der Waals surface area contributed by atoms with Crippen molar-refractivity contribution >= 4 is 11.9 Å². The van der Waals surface area contributed by atoms with Crippen LogP contribution in [0.3, 0.4) is 0 Å². The molecule has 1 N–H and O–H groups in total. The van der Waals surface area contributed by atoms with E-state index in [9.17, 15) is 9.59 Å². The normalized spacial score (nSPS) is 34.9. The molecule has 0 radical (unpaired) electrons. The largest absolute Gasteiger partial charge is 0.391 e. The molecule has 0 saturated carbocycles. The van der Waals surface area contributed by atoms with Crippen LogP contribution in [-0.4, -0.2) is 23.1 Å². The molecule has 0 spiro atoms. The lowest BCUT2D eigenvalue weighted by Crippen LogP contribution is -2.19. The van der Waals surface area contributed by atoms with Gasteiger partial charge in [0, 0.05) is 0 Å². The van der Waals surface area contributed by atoms with Crippen molar-refractivity contribution in [3.05, 3.63) is 0 Å². The summed E-state index contributed by atoms with van der Waals surface area (Å²) in [5.41, 5.74) is 0. The number of carbonyl (C=O) groups is 2. The van der Waals surface area contributed by atoms with Crippen LogP contribution in [0.25, 0.3) is 0 Å². The van der Waals surface area contributed by atoms with Crippen LogP contribution in [0.4, 0.5) is 0 Å². The van der Waals surface area contributed by atoms with E-state index in [1.54, 1.807) is 0 Å². The molecule has 1 aliphatic heterocycles. The van der Waals surface area contributed by atoms with Crippen molar-refractivity contribution in [1.29, 1.82) is 0 Å². The van der Waals surface area contributed by atoms with Crippen LogP contribution in [0.15, 0.2) is 0 Å². The van der Waals surface area contributed by atoms with Gasteiger partial charge in [-0.3, -0.25) is 4.79 Å². The number of carbonyl (C=O) groups excluding carboxylic acids is 2. The van der Waals surface area contributed by atoms with Gasteiger partial charge in [-0.25, -0.2) is 4.79 Å². The first-order valence-corrected chi connectivity index (χ1v) is 2.56. The summed E-state index contributed by atoms with van der Waals surface area (Å²) in [6.07, 6.45) is -1.25. The zero-order valence-corrected chi connectivity index (χ0v) is 4.83. The Balaban J connectivity index is 2.77. The van der Waals surface area contributed by atoms with Crippen LogP contribution in [-0.2, 0) is 14.3 Å². The van der Waals surface area contributed by atoms with Gasteiger partial charge in [-0.15, -0.1) is 0 Å². The highest BCUT2D eigenvalue weighted by atomic mass is 16.6. The van der Waals surface area contributed by atoms with Gasteiger partial charge in [-0.05, 0) is 6.92 Å². The summed E-state index contributed by atoms with van der Waals surface area (Å²) >= 11 is 0. The third-order valence-corrected chi connectivity index (χ3v) is 1.29. The van der Waals surface area contributed by atoms with Crippen molar-refractivity contribution in [2.45, 2.75) is 13.0 Å². The molecule has 0 amide bonds. The van der Waals surface area contributed by atoms with Gasteiger partial charge in [0.1, 0.15) is 0 Å². The lowest BCUT2D eigenvalue weighted by molar-refractivity contribution is -0.154. The van der Waals surface area contributed by atoms with Crippen LogP contribution in [0.2, 0.25) is 0 Å². The van der Waals surface area contributed by atoms with Crippen molar-refractivity contribution in [1.82, 2.24) is 0 Å². The van der Waals surface area contributed by atoms with Gasteiger partial charge in [-0.1, -0.05) is 0 Å². The maximum Gasteiger partial charge on any atom is 0.343 e. The third-order valence-electron chi connectivity index (χ3n) is 1.29. The second kappa shape index (κ2) is 1.80. The molecule has 1 fully saturated rings. The minimum absolute atomic E-state index is 0.646. The molecule has 9 heavy (non-hydrogen) atoms. The van der Waals surface area contributed by atoms with E-state index in [0.29, 0.717) is 0 Å². The first-order chi connectivity index (χ1) is 4.13. The molecule has 50 valence electrons. The summed E-state index contributed by atoms with van der Waals surface area (Å²) in [6.45, 7) is 1.44. The van der Waals surface area contributed by atoms with Gasteiger partial charge in [-0.2, -0.15) is 0 Å². The fraction of sp³-hybridized carbons (Fsp3) is 0.600. The van der Waals surface area contributed by atoms with E-state index in [0.717, 1.165) is 0 Å². The van der Waals surface area contributed by atoms with E-state index in [1.165, 1.54) is 6.92 Å². The van der Waals surface area contributed by atoms with E-state index < -0.39 is 24.0 Å². The average Bonchev–Trinajstić information content (AvgIpc) is 1.98. The number of ether oxygens (including phenoxy) is 1. The van der Waals surface area contributed by atoms with Crippen LogP contribution >= 0.6 is 0 Å². The predicted octanol–water partition coefficient (Wildman–Crippen LogP) is -0.933. The first-order valence-electron chi connectivity index (χ1n) is 2.56. The van der Waals surface area contributed by atoms with Crippen molar-refractivity contribution in [2.75, 3.05) is 0 Å². The molecule has 4 nitrogen and oxygen atoms in total. The van der Waals surface area contributed by atoms with E-state index in [-0.39, 0.29) is 0 Å². The monoisotopic (exact) mass is 130 g/mol. The number of esters is 2. The number of rotatable bonds is 0. The maximum atomic E-state index is 10.4.